The fourth-order valence-corrected chi connectivity index (χ4v) is 7.08. The van der Waals surface area contributed by atoms with Crippen LogP contribution in [0, 0.1) is 0 Å². The lowest BCUT2D eigenvalue weighted by Crippen LogP contribution is -2.28. The molecule has 0 amide bonds. The van der Waals surface area contributed by atoms with Crippen molar-refractivity contribution in [2.45, 2.75) is 18.3 Å². The Morgan fingerprint density at radius 1 is 0.349 bits per heavy atom. The first-order valence-corrected chi connectivity index (χ1v) is 15.0. The second-order valence-electron chi connectivity index (χ2n) is 11.4. The second kappa shape index (κ2) is 11.5. The van der Waals surface area contributed by atoms with Gasteiger partial charge in [0, 0.05) is 18.6 Å². The highest BCUT2D eigenvalue weighted by Crippen LogP contribution is 2.54. The predicted octanol–water partition coefficient (Wildman–Crippen LogP) is 9.39. The Balaban J connectivity index is 1.40. The van der Waals surface area contributed by atoms with Gasteiger partial charge in [0.25, 0.3) is 0 Å². The van der Waals surface area contributed by atoms with Gasteiger partial charge >= 0.3 is 0 Å². The van der Waals surface area contributed by atoms with Crippen LogP contribution in [0.3, 0.4) is 0 Å². The van der Waals surface area contributed by atoms with Crippen molar-refractivity contribution in [2.75, 3.05) is 13.2 Å². The summed E-state index contributed by atoms with van der Waals surface area (Å²) >= 11 is 0. The molecule has 6 aromatic rings. The molecular formula is C41H34O2. The van der Waals surface area contributed by atoms with Gasteiger partial charge in [-0.2, -0.15) is 0 Å². The van der Waals surface area contributed by atoms with Crippen LogP contribution in [0.1, 0.15) is 24.0 Å². The van der Waals surface area contributed by atoms with E-state index >= 15 is 0 Å². The summed E-state index contributed by atoms with van der Waals surface area (Å²) in [6.45, 7) is 0.0725. The van der Waals surface area contributed by atoms with Crippen molar-refractivity contribution in [1.82, 2.24) is 0 Å². The van der Waals surface area contributed by atoms with Gasteiger partial charge < -0.3 is 10.2 Å². The standard InChI is InChI=1S/C41H34O2/c42-25-23-41(24-26-43)39-27-31(35-17-9-7-15-33(35)29-11-3-1-4-12-29)19-21-37(39)38-22-20-32(28-40(38)41)36-18-10-8-16-34(36)30-13-5-2-6-14-30/h1-22,27-28,42-43H,23-26H2. The molecule has 7 rings (SSSR count). The summed E-state index contributed by atoms with van der Waals surface area (Å²) in [5.74, 6) is 0. The molecule has 2 N–H and O–H groups in total. The Morgan fingerprint density at radius 2 is 0.698 bits per heavy atom. The topological polar surface area (TPSA) is 40.5 Å². The van der Waals surface area contributed by atoms with Gasteiger partial charge in [0.05, 0.1) is 0 Å². The molecule has 0 radical (unpaired) electrons. The highest BCUT2D eigenvalue weighted by molar-refractivity contribution is 5.91. The molecule has 1 aliphatic rings. The summed E-state index contributed by atoms with van der Waals surface area (Å²) in [6, 6.07) is 51.6. The molecule has 0 fully saturated rings. The first kappa shape index (κ1) is 27.1. The highest BCUT2D eigenvalue weighted by atomic mass is 16.3. The smallest absolute Gasteiger partial charge is 0.0442 e. The zero-order valence-corrected chi connectivity index (χ0v) is 24.1. The molecular weight excluding hydrogens is 524 g/mol. The maximum Gasteiger partial charge on any atom is 0.0442 e. The molecule has 0 saturated carbocycles. The van der Waals surface area contributed by atoms with E-state index in [1.807, 2.05) is 12.1 Å². The second-order valence-corrected chi connectivity index (χ2v) is 11.4. The number of hydrogen-bond acceptors (Lipinski definition) is 2. The monoisotopic (exact) mass is 558 g/mol. The quantitative estimate of drug-likeness (QED) is 0.195. The summed E-state index contributed by atoms with van der Waals surface area (Å²) in [4.78, 5) is 0. The van der Waals surface area contributed by atoms with E-state index in [1.54, 1.807) is 0 Å². The third-order valence-electron chi connectivity index (χ3n) is 9.08. The Labute approximate surface area is 253 Å². The Kier molecular flexibility index (Phi) is 7.24. The lowest BCUT2D eigenvalue weighted by molar-refractivity contribution is 0.213. The van der Waals surface area contributed by atoms with E-state index in [0.717, 1.165) is 11.1 Å². The summed E-state index contributed by atoms with van der Waals surface area (Å²) < 4.78 is 0. The molecule has 0 atom stereocenters. The van der Waals surface area contributed by atoms with E-state index in [9.17, 15) is 10.2 Å². The van der Waals surface area contributed by atoms with Crippen LogP contribution in [0.15, 0.2) is 146 Å². The van der Waals surface area contributed by atoms with Crippen molar-refractivity contribution in [2.24, 2.45) is 0 Å². The normalized spacial score (nSPS) is 13.0. The number of benzene rings is 6. The molecule has 6 aromatic carbocycles. The van der Waals surface area contributed by atoms with Crippen LogP contribution < -0.4 is 0 Å². The van der Waals surface area contributed by atoms with Crippen LogP contribution in [0.4, 0.5) is 0 Å². The zero-order chi connectivity index (χ0) is 29.2. The maximum atomic E-state index is 10.4. The lowest BCUT2D eigenvalue weighted by Gasteiger charge is -2.32. The predicted molar refractivity (Wildman–Crippen MR) is 178 cm³/mol. The minimum Gasteiger partial charge on any atom is -0.396 e. The average molecular weight is 559 g/mol. The van der Waals surface area contributed by atoms with Gasteiger partial charge in [0.2, 0.25) is 0 Å². The number of hydrogen-bond donors (Lipinski definition) is 2. The average Bonchev–Trinajstić information content (AvgIpc) is 3.34. The van der Waals surface area contributed by atoms with Crippen LogP contribution in [-0.4, -0.2) is 23.4 Å². The Bertz CT molecular complexity index is 1750. The van der Waals surface area contributed by atoms with Gasteiger partial charge in [-0.3, -0.25) is 0 Å². The van der Waals surface area contributed by atoms with Crippen molar-refractivity contribution in [3.63, 3.8) is 0 Å². The molecule has 1 aliphatic carbocycles. The fraction of sp³-hybridized carbons (Fsp3) is 0.122. The molecule has 0 unspecified atom stereocenters. The number of fused-ring (bicyclic) bond motifs is 3. The van der Waals surface area contributed by atoms with Crippen LogP contribution in [0.2, 0.25) is 0 Å². The van der Waals surface area contributed by atoms with Gasteiger partial charge in [0.15, 0.2) is 0 Å². The largest absolute Gasteiger partial charge is 0.396 e. The summed E-state index contributed by atoms with van der Waals surface area (Å²) in [7, 11) is 0. The van der Waals surface area contributed by atoms with Gasteiger partial charge in [-0.1, -0.05) is 133 Å². The number of rotatable bonds is 8. The third kappa shape index (κ3) is 4.70. The van der Waals surface area contributed by atoms with E-state index in [0.29, 0.717) is 12.8 Å². The number of aliphatic hydroxyl groups is 2. The first-order valence-electron chi connectivity index (χ1n) is 15.0. The molecule has 2 heteroatoms. The van der Waals surface area contributed by atoms with E-state index in [1.165, 1.54) is 55.6 Å². The number of aliphatic hydroxyl groups excluding tert-OH is 2. The SMILES string of the molecule is OCCC1(CCO)c2cc(-c3ccccc3-c3ccccc3)ccc2-c2ccc(-c3ccccc3-c3ccccc3)cc21. The molecule has 0 heterocycles. The molecule has 43 heavy (non-hydrogen) atoms. The van der Waals surface area contributed by atoms with Gasteiger partial charge in [-0.05, 0) is 91.7 Å². The van der Waals surface area contributed by atoms with Crippen molar-refractivity contribution >= 4 is 0 Å². The molecule has 0 spiro atoms. The van der Waals surface area contributed by atoms with Crippen molar-refractivity contribution in [3.8, 4) is 55.6 Å². The van der Waals surface area contributed by atoms with E-state index < -0.39 is 5.41 Å². The highest BCUT2D eigenvalue weighted by Gasteiger charge is 2.42. The van der Waals surface area contributed by atoms with Crippen LogP contribution in [0.5, 0.6) is 0 Å². The van der Waals surface area contributed by atoms with Crippen LogP contribution >= 0.6 is 0 Å². The minimum atomic E-state index is -0.496. The van der Waals surface area contributed by atoms with Crippen LogP contribution in [-0.2, 0) is 5.41 Å². The van der Waals surface area contributed by atoms with E-state index in [4.69, 9.17) is 0 Å². The lowest BCUT2D eigenvalue weighted by atomic mass is 9.72. The Morgan fingerprint density at radius 3 is 1.07 bits per heavy atom. The van der Waals surface area contributed by atoms with E-state index in [2.05, 4.69) is 133 Å². The van der Waals surface area contributed by atoms with Gasteiger partial charge in [-0.15, -0.1) is 0 Å². The van der Waals surface area contributed by atoms with Gasteiger partial charge in [0.1, 0.15) is 0 Å². The Hall–Kier alpha value is -4.76. The molecule has 2 nitrogen and oxygen atoms in total. The molecule has 0 aromatic heterocycles. The molecule has 0 saturated heterocycles. The third-order valence-corrected chi connectivity index (χ3v) is 9.08. The molecule has 210 valence electrons. The van der Waals surface area contributed by atoms with Crippen molar-refractivity contribution < 1.29 is 10.2 Å². The zero-order valence-electron chi connectivity index (χ0n) is 24.1. The van der Waals surface area contributed by atoms with Crippen LogP contribution in [0.25, 0.3) is 55.6 Å². The maximum absolute atomic E-state index is 10.4. The molecule has 0 bridgehead atoms. The summed E-state index contributed by atoms with van der Waals surface area (Å²) in [5.41, 5.74) is 13.6. The van der Waals surface area contributed by atoms with E-state index in [-0.39, 0.29) is 13.2 Å². The molecule has 0 aliphatic heterocycles. The minimum absolute atomic E-state index is 0.0362. The van der Waals surface area contributed by atoms with Crippen molar-refractivity contribution in [3.05, 3.63) is 157 Å². The first-order chi connectivity index (χ1) is 21.2. The summed E-state index contributed by atoms with van der Waals surface area (Å²) in [6.07, 6.45) is 1.09. The van der Waals surface area contributed by atoms with Gasteiger partial charge in [-0.25, -0.2) is 0 Å². The van der Waals surface area contributed by atoms with Crippen molar-refractivity contribution in [1.29, 1.82) is 0 Å². The fourth-order valence-electron chi connectivity index (χ4n) is 7.08. The summed E-state index contributed by atoms with van der Waals surface area (Å²) in [5, 5.41) is 20.9.